The van der Waals surface area contributed by atoms with Crippen molar-refractivity contribution in [3.8, 4) is 11.3 Å². The lowest BCUT2D eigenvalue weighted by atomic mass is 10.1. The Balaban J connectivity index is 2.55. The molecule has 0 saturated heterocycles. The van der Waals surface area contributed by atoms with Gasteiger partial charge >= 0.3 is 0 Å². The number of aromatic nitrogens is 1. The smallest absolute Gasteiger partial charge is 0.0847 e. The fraction of sp³-hybridized carbons (Fsp3) is 0. The van der Waals surface area contributed by atoms with E-state index >= 15 is 0 Å². The third kappa shape index (κ3) is 2.11. The molecule has 2 rings (SSSR count). The number of benzene rings is 1. The van der Waals surface area contributed by atoms with E-state index in [1.54, 1.807) is 18.3 Å². The van der Waals surface area contributed by atoms with Gasteiger partial charge in [-0.05, 0) is 12.1 Å². The molecule has 0 radical (unpaired) electrons. The van der Waals surface area contributed by atoms with Crippen molar-refractivity contribution in [2.45, 2.75) is 0 Å². The molecule has 1 aromatic heterocycles. The minimum absolute atomic E-state index is 0.482. The third-order valence-electron chi connectivity index (χ3n) is 1.98. The van der Waals surface area contributed by atoms with Crippen LogP contribution in [-0.4, -0.2) is 4.98 Å². The van der Waals surface area contributed by atoms with Crippen LogP contribution in [0.4, 0.5) is 0 Å². The van der Waals surface area contributed by atoms with Crippen LogP contribution in [0.3, 0.4) is 0 Å². The minimum atomic E-state index is 0.482. The lowest BCUT2D eigenvalue weighted by Gasteiger charge is -2.01. The minimum Gasteiger partial charge on any atom is -0.358 e. The zero-order valence-electron chi connectivity index (χ0n) is 7.32. The molecule has 0 aliphatic carbocycles. The molecule has 78 valence electrons. The number of hydrogen-bond acceptors (Lipinski definition) is 0. The topological polar surface area (TPSA) is 15.8 Å². The van der Waals surface area contributed by atoms with E-state index in [-0.39, 0.29) is 0 Å². The zero-order chi connectivity index (χ0) is 11.0. The SMILES string of the molecule is Clc1ccc(-c2[nH]cc(Cl)c2Cl)cc1Cl. The Morgan fingerprint density at radius 1 is 0.867 bits per heavy atom. The Hall–Kier alpha value is -0.340. The predicted molar refractivity (Wildman–Crippen MR) is 66.3 cm³/mol. The first kappa shape index (κ1) is 11.2. The number of H-pyrrole nitrogens is 1. The molecule has 0 fully saturated rings. The van der Waals surface area contributed by atoms with Crippen molar-refractivity contribution in [2.24, 2.45) is 0 Å². The maximum absolute atomic E-state index is 6.00. The monoisotopic (exact) mass is 279 g/mol. The van der Waals surface area contributed by atoms with Crippen molar-refractivity contribution in [3.05, 3.63) is 44.5 Å². The van der Waals surface area contributed by atoms with Crippen molar-refractivity contribution < 1.29 is 0 Å². The molecule has 0 unspecified atom stereocenters. The first-order valence-electron chi connectivity index (χ1n) is 4.07. The van der Waals surface area contributed by atoms with Gasteiger partial charge in [-0.2, -0.15) is 0 Å². The normalized spacial score (nSPS) is 10.7. The van der Waals surface area contributed by atoms with Gasteiger partial charge in [0, 0.05) is 11.8 Å². The summed E-state index contributed by atoms with van der Waals surface area (Å²) in [6.45, 7) is 0. The van der Waals surface area contributed by atoms with Crippen LogP contribution >= 0.6 is 46.4 Å². The van der Waals surface area contributed by atoms with Crippen LogP contribution < -0.4 is 0 Å². The van der Waals surface area contributed by atoms with E-state index in [9.17, 15) is 0 Å². The number of rotatable bonds is 1. The van der Waals surface area contributed by atoms with E-state index in [1.807, 2.05) is 6.07 Å². The highest BCUT2D eigenvalue weighted by Crippen LogP contribution is 2.35. The van der Waals surface area contributed by atoms with Crippen LogP contribution in [0.15, 0.2) is 24.4 Å². The van der Waals surface area contributed by atoms with E-state index in [2.05, 4.69) is 4.98 Å². The molecule has 1 nitrogen and oxygen atoms in total. The molecule has 0 spiro atoms. The molecule has 0 atom stereocenters. The van der Waals surface area contributed by atoms with E-state index in [0.717, 1.165) is 11.3 Å². The lowest BCUT2D eigenvalue weighted by molar-refractivity contribution is 1.40. The summed E-state index contributed by atoms with van der Waals surface area (Å²) < 4.78 is 0. The molecule has 0 aliphatic rings. The highest BCUT2D eigenvalue weighted by atomic mass is 35.5. The van der Waals surface area contributed by atoms with Crippen molar-refractivity contribution in [3.63, 3.8) is 0 Å². The van der Waals surface area contributed by atoms with Gasteiger partial charge in [0.2, 0.25) is 0 Å². The van der Waals surface area contributed by atoms with Gasteiger partial charge in [0.1, 0.15) is 0 Å². The van der Waals surface area contributed by atoms with Crippen LogP contribution in [-0.2, 0) is 0 Å². The molecule has 1 heterocycles. The molecule has 1 N–H and O–H groups in total. The molecule has 15 heavy (non-hydrogen) atoms. The summed E-state index contributed by atoms with van der Waals surface area (Å²) in [4.78, 5) is 2.97. The van der Waals surface area contributed by atoms with E-state index in [0.29, 0.717) is 20.1 Å². The molecule has 5 heteroatoms. The fourth-order valence-corrected chi connectivity index (χ4v) is 1.91. The van der Waals surface area contributed by atoms with Gasteiger partial charge in [-0.3, -0.25) is 0 Å². The fourth-order valence-electron chi connectivity index (χ4n) is 1.24. The van der Waals surface area contributed by atoms with Crippen LogP contribution in [0, 0.1) is 0 Å². The van der Waals surface area contributed by atoms with E-state index in [4.69, 9.17) is 46.4 Å². The number of hydrogen-bond donors (Lipinski definition) is 1. The van der Waals surface area contributed by atoms with Crippen molar-refractivity contribution >= 4 is 46.4 Å². The molecule has 2 aromatic rings. The predicted octanol–water partition coefficient (Wildman–Crippen LogP) is 5.30. The Kier molecular flexibility index (Phi) is 3.17. The second-order valence-corrected chi connectivity index (χ2v) is 4.55. The molecule has 0 bridgehead atoms. The van der Waals surface area contributed by atoms with Crippen molar-refractivity contribution in [2.75, 3.05) is 0 Å². The Morgan fingerprint density at radius 2 is 1.60 bits per heavy atom. The van der Waals surface area contributed by atoms with Gasteiger partial charge in [0.05, 0.1) is 25.8 Å². The Labute approximate surface area is 107 Å². The molecular formula is C10H5Cl4N. The molecular weight excluding hydrogens is 276 g/mol. The van der Waals surface area contributed by atoms with Gasteiger partial charge in [-0.25, -0.2) is 0 Å². The van der Waals surface area contributed by atoms with E-state index in [1.165, 1.54) is 0 Å². The van der Waals surface area contributed by atoms with Gasteiger partial charge in [-0.1, -0.05) is 52.5 Å². The molecule has 1 aromatic carbocycles. The average Bonchev–Trinajstić information content (AvgIpc) is 2.53. The van der Waals surface area contributed by atoms with Crippen molar-refractivity contribution in [1.29, 1.82) is 0 Å². The molecule has 0 aliphatic heterocycles. The van der Waals surface area contributed by atoms with Gasteiger partial charge < -0.3 is 4.98 Å². The summed E-state index contributed by atoms with van der Waals surface area (Å²) in [6.07, 6.45) is 1.63. The molecule has 0 saturated carbocycles. The number of aromatic amines is 1. The largest absolute Gasteiger partial charge is 0.358 e. The summed E-state index contributed by atoms with van der Waals surface area (Å²) in [5.41, 5.74) is 1.58. The van der Waals surface area contributed by atoms with Gasteiger partial charge in [-0.15, -0.1) is 0 Å². The second kappa shape index (κ2) is 4.26. The summed E-state index contributed by atoms with van der Waals surface area (Å²) in [7, 11) is 0. The summed E-state index contributed by atoms with van der Waals surface area (Å²) in [5, 5.41) is 1.96. The lowest BCUT2D eigenvalue weighted by Crippen LogP contribution is -1.78. The number of nitrogens with one attached hydrogen (secondary N) is 1. The Morgan fingerprint density at radius 3 is 2.13 bits per heavy atom. The molecule has 0 amide bonds. The zero-order valence-corrected chi connectivity index (χ0v) is 10.3. The maximum Gasteiger partial charge on any atom is 0.0847 e. The first-order valence-corrected chi connectivity index (χ1v) is 5.58. The van der Waals surface area contributed by atoms with E-state index < -0.39 is 0 Å². The van der Waals surface area contributed by atoms with Crippen LogP contribution in [0.25, 0.3) is 11.3 Å². The second-order valence-electron chi connectivity index (χ2n) is 2.95. The summed E-state index contributed by atoms with van der Waals surface area (Å²) in [5.74, 6) is 0. The third-order valence-corrected chi connectivity index (χ3v) is 3.51. The van der Waals surface area contributed by atoms with Gasteiger partial charge in [0.15, 0.2) is 0 Å². The van der Waals surface area contributed by atoms with Crippen molar-refractivity contribution in [1.82, 2.24) is 4.98 Å². The van der Waals surface area contributed by atoms with Crippen LogP contribution in [0.2, 0.25) is 20.1 Å². The Bertz CT molecular complexity index is 504. The highest BCUT2D eigenvalue weighted by molar-refractivity contribution is 6.44. The first-order chi connectivity index (χ1) is 7.09. The van der Waals surface area contributed by atoms with Crippen LogP contribution in [0.5, 0.6) is 0 Å². The highest BCUT2D eigenvalue weighted by Gasteiger charge is 2.10. The summed E-state index contributed by atoms with van der Waals surface area (Å²) in [6, 6.07) is 5.27. The number of halogens is 4. The quantitative estimate of drug-likeness (QED) is 0.730. The summed E-state index contributed by atoms with van der Waals surface area (Å²) >= 11 is 23.5. The standard InChI is InChI=1S/C10H5Cl4N/c11-6-2-1-5(3-7(6)12)10-9(14)8(13)4-15-10/h1-4,15H. The van der Waals surface area contributed by atoms with Crippen LogP contribution in [0.1, 0.15) is 0 Å². The average molecular weight is 281 g/mol. The maximum atomic E-state index is 6.00. The van der Waals surface area contributed by atoms with Gasteiger partial charge in [0.25, 0.3) is 0 Å².